The van der Waals surface area contributed by atoms with Gasteiger partial charge in [0, 0.05) is 17.5 Å². The van der Waals surface area contributed by atoms with Crippen LogP contribution in [-0.4, -0.2) is 37.0 Å². The number of amides is 1. The van der Waals surface area contributed by atoms with Gasteiger partial charge in [0.05, 0.1) is 28.5 Å². The summed E-state index contributed by atoms with van der Waals surface area (Å²) in [4.78, 5) is 24.4. The minimum Gasteiger partial charge on any atom is -0.506 e. The van der Waals surface area contributed by atoms with Crippen LogP contribution in [0.4, 0.5) is 0 Å². The van der Waals surface area contributed by atoms with Gasteiger partial charge in [-0.1, -0.05) is 11.6 Å². The molecular formula is C16H16ClNO6S. The van der Waals surface area contributed by atoms with Crippen LogP contribution >= 0.6 is 11.6 Å². The number of aromatic hydroxyl groups is 1. The lowest BCUT2D eigenvalue weighted by atomic mass is 10.0. The van der Waals surface area contributed by atoms with Crippen molar-refractivity contribution in [1.82, 2.24) is 5.32 Å². The zero-order valence-corrected chi connectivity index (χ0v) is 14.9. The van der Waals surface area contributed by atoms with Crippen molar-refractivity contribution >= 4 is 38.3 Å². The minimum absolute atomic E-state index is 0.0527. The smallest absolute Gasteiger partial charge is 0.340 e. The Balaban J connectivity index is 1.87. The van der Waals surface area contributed by atoms with Crippen molar-refractivity contribution in [2.45, 2.75) is 25.8 Å². The number of carbonyl (C=O) groups is 1. The summed E-state index contributed by atoms with van der Waals surface area (Å²) in [5.41, 5.74) is 0.200. The summed E-state index contributed by atoms with van der Waals surface area (Å²) in [5, 5.41) is 12.9. The minimum atomic E-state index is -3.10. The third-order valence-electron chi connectivity index (χ3n) is 4.29. The normalized spacial score (nSPS) is 19.2. The molecule has 134 valence electrons. The highest BCUT2D eigenvalue weighted by molar-refractivity contribution is 7.91. The molecule has 1 saturated heterocycles. The van der Waals surface area contributed by atoms with E-state index in [1.54, 1.807) is 6.92 Å². The summed E-state index contributed by atoms with van der Waals surface area (Å²) in [6.45, 7) is 1.66. The summed E-state index contributed by atoms with van der Waals surface area (Å²) >= 11 is 5.89. The molecule has 2 N–H and O–H groups in total. The van der Waals surface area contributed by atoms with E-state index in [2.05, 4.69) is 5.32 Å². The van der Waals surface area contributed by atoms with Gasteiger partial charge in [0.15, 0.2) is 9.84 Å². The van der Waals surface area contributed by atoms with Crippen molar-refractivity contribution in [2.75, 3.05) is 11.5 Å². The molecule has 0 saturated carbocycles. The Morgan fingerprint density at radius 3 is 2.80 bits per heavy atom. The molecule has 3 rings (SSSR count). The number of benzene rings is 1. The van der Waals surface area contributed by atoms with E-state index in [1.165, 1.54) is 12.1 Å². The number of hydrogen-bond donors (Lipinski definition) is 2. The number of aryl methyl sites for hydroxylation is 1. The highest BCUT2D eigenvalue weighted by atomic mass is 35.5. The Morgan fingerprint density at radius 1 is 1.44 bits per heavy atom. The molecule has 1 aromatic heterocycles. The van der Waals surface area contributed by atoms with Gasteiger partial charge < -0.3 is 14.8 Å². The zero-order chi connectivity index (χ0) is 18.4. The average Bonchev–Trinajstić information content (AvgIpc) is 2.85. The van der Waals surface area contributed by atoms with Crippen LogP contribution in [0.25, 0.3) is 11.0 Å². The Kier molecular flexibility index (Phi) is 4.51. The molecule has 0 aliphatic carbocycles. The number of rotatable bonds is 3. The van der Waals surface area contributed by atoms with Gasteiger partial charge >= 0.3 is 5.63 Å². The summed E-state index contributed by atoms with van der Waals surface area (Å²) < 4.78 is 28.1. The van der Waals surface area contributed by atoms with Gasteiger partial charge in [0.1, 0.15) is 11.3 Å². The molecule has 1 amide bonds. The highest BCUT2D eigenvalue weighted by Gasteiger charge is 2.29. The monoisotopic (exact) mass is 385 g/mol. The molecule has 7 nitrogen and oxygen atoms in total. The first-order valence-corrected chi connectivity index (χ1v) is 9.81. The lowest BCUT2D eigenvalue weighted by molar-refractivity contribution is -0.121. The number of carbonyl (C=O) groups excluding carboxylic acids is 1. The highest BCUT2D eigenvalue weighted by Crippen LogP contribution is 2.30. The van der Waals surface area contributed by atoms with Crippen molar-refractivity contribution in [3.8, 4) is 5.75 Å². The van der Waals surface area contributed by atoms with Gasteiger partial charge in [-0.05, 0) is 25.0 Å². The second-order valence-corrected chi connectivity index (χ2v) is 8.77. The van der Waals surface area contributed by atoms with Gasteiger partial charge in [-0.25, -0.2) is 13.2 Å². The van der Waals surface area contributed by atoms with E-state index in [9.17, 15) is 23.1 Å². The summed E-state index contributed by atoms with van der Waals surface area (Å²) in [6.07, 6.45) is 0.146. The van der Waals surface area contributed by atoms with E-state index in [1.807, 2.05) is 0 Å². The summed E-state index contributed by atoms with van der Waals surface area (Å²) in [6, 6.07) is 2.28. The Labute approximate surface area is 148 Å². The predicted molar refractivity (Wildman–Crippen MR) is 92.8 cm³/mol. The maximum Gasteiger partial charge on any atom is 0.340 e. The fourth-order valence-corrected chi connectivity index (χ4v) is 4.79. The van der Waals surface area contributed by atoms with Gasteiger partial charge in [0.2, 0.25) is 5.91 Å². The van der Waals surface area contributed by atoms with Gasteiger partial charge in [-0.3, -0.25) is 4.79 Å². The van der Waals surface area contributed by atoms with E-state index in [0.29, 0.717) is 17.4 Å². The van der Waals surface area contributed by atoms with Gasteiger partial charge in [-0.15, -0.1) is 0 Å². The van der Waals surface area contributed by atoms with E-state index in [0.717, 1.165) is 0 Å². The molecule has 0 unspecified atom stereocenters. The van der Waals surface area contributed by atoms with Crippen LogP contribution < -0.4 is 10.9 Å². The first kappa shape index (κ1) is 17.8. The van der Waals surface area contributed by atoms with Crippen LogP contribution in [0.1, 0.15) is 17.5 Å². The number of nitrogens with one attached hydrogen (secondary N) is 1. The molecule has 0 spiro atoms. The molecule has 2 aromatic rings. The zero-order valence-electron chi connectivity index (χ0n) is 13.3. The molecule has 1 fully saturated rings. The van der Waals surface area contributed by atoms with Crippen LogP contribution in [0.3, 0.4) is 0 Å². The van der Waals surface area contributed by atoms with Crippen LogP contribution in [-0.2, 0) is 21.1 Å². The number of phenolic OH excluding ortho intramolecular Hbond substituents is 1. The molecular weight excluding hydrogens is 370 g/mol. The molecule has 1 atom stereocenters. The van der Waals surface area contributed by atoms with Gasteiger partial charge in [0.25, 0.3) is 0 Å². The standard InChI is InChI=1S/C16H16ClNO6S/c1-8-10-4-12(17)13(19)6-14(10)24-16(21)11(8)5-15(20)18-9-2-3-25(22,23)7-9/h4,6,9,19H,2-3,5,7H2,1H3,(H,18,20)/t9-/m1/s1. The first-order valence-electron chi connectivity index (χ1n) is 7.61. The maximum absolute atomic E-state index is 12.2. The SMILES string of the molecule is Cc1c(CC(=O)N[C@@H]2CCS(=O)(=O)C2)c(=O)oc2cc(O)c(Cl)cc12. The number of sulfone groups is 1. The quantitative estimate of drug-likeness (QED) is 0.770. The van der Waals surface area contributed by atoms with E-state index < -0.39 is 27.4 Å². The van der Waals surface area contributed by atoms with Crippen molar-refractivity contribution in [3.05, 3.63) is 38.7 Å². The lowest BCUT2D eigenvalue weighted by Gasteiger charge is -2.12. The van der Waals surface area contributed by atoms with Crippen molar-refractivity contribution in [2.24, 2.45) is 0 Å². The third kappa shape index (κ3) is 3.64. The second kappa shape index (κ2) is 6.34. The Bertz CT molecular complexity index is 1030. The summed E-state index contributed by atoms with van der Waals surface area (Å²) in [5.74, 6) is -0.679. The topological polar surface area (TPSA) is 114 Å². The van der Waals surface area contributed by atoms with Crippen molar-refractivity contribution in [1.29, 1.82) is 0 Å². The molecule has 0 radical (unpaired) electrons. The first-order chi connectivity index (χ1) is 11.7. The Hall–Kier alpha value is -2.06. The van der Waals surface area contributed by atoms with Crippen LogP contribution in [0.2, 0.25) is 5.02 Å². The van der Waals surface area contributed by atoms with Crippen LogP contribution in [0.5, 0.6) is 5.75 Å². The van der Waals surface area contributed by atoms with Crippen LogP contribution in [0.15, 0.2) is 21.3 Å². The van der Waals surface area contributed by atoms with E-state index >= 15 is 0 Å². The van der Waals surface area contributed by atoms with Crippen molar-refractivity contribution in [3.63, 3.8) is 0 Å². The number of phenols is 1. The molecule has 1 aliphatic rings. The summed E-state index contributed by atoms with van der Waals surface area (Å²) in [7, 11) is -3.10. The predicted octanol–water partition coefficient (Wildman–Crippen LogP) is 1.31. The number of fused-ring (bicyclic) bond motifs is 1. The average molecular weight is 386 g/mol. The third-order valence-corrected chi connectivity index (χ3v) is 6.36. The molecule has 9 heteroatoms. The fourth-order valence-electron chi connectivity index (χ4n) is 2.95. The number of halogens is 1. The molecule has 2 heterocycles. The van der Waals surface area contributed by atoms with Crippen LogP contribution in [0, 0.1) is 6.92 Å². The Morgan fingerprint density at radius 2 is 2.16 bits per heavy atom. The van der Waals surface area contributed by atoms with E-state index in [4.69, 9.17) is 16.0 Å². The van der Waals surface area contributed by atoms with Crippen molar-refractivity contribution < 1.29 is 22.7 Å². The maximum atomic E-state index is 12.2. The van der Waals surface area contributed by atoms with Gasteiger partial charge in [-0.2, -0.15) is 0 Å². The lowest BCUT2D eigenvalue weighted by Crippen LogP contribution is -2.37. The molecule has 1 aromatic carbocycles. The molecule has 0 bridgehead atoms. The van der Waals surface area contributed by atoms with E-state index in [-0.39, 0.29) is 39.8 Å². The molecule has 1 aliphatic heterocycles. The largest absolute Gasteiger partial charge is 0.506 e. The molecule has 25 heavy (non-hydrogen) atoms. The second-order valence-electron chi connectivity index (χ2n) is 6.14. The number of hydrogen-bond acceptors (Lipinski definition) is 6. The fraction of sp³-hybridized carbons (Fsp3) is 0.375.